The molecule has 0 spiro atoms. The van der Waals surface area contributed by atoms with Gasteiger partial charge in [-0.15, -0.1) is 0 Å². The van der Waals surface area contributed by atoms with Gasteiger partial charge in [0.05, 0.1) is 31.0 Å². The van der Waals surface area contributed by atoms with E-state index in [1.54, 1.807) is 43.5 Å². The highest BCUT2D eigenvalue weighted by molar-refractivity contribution is 6.36. The Kier molecular flexibility index (Phi) is 8.68. The molecule has 0 fully saturated rings. The summed E-state index contributed by atoms with van der Waals surface area (Å²) in [5.74, 6) is -0.0661. The summed E-state index contributed by atoms with van der Waals surface area (Å²) in [6, 6.07) is 22.0. The number of carbonyl (C=O) groups excluding carboxylic acids is 2. The molecule has 0 atom stereocenters. The average molecular weight is 623 g/mol. The summed E-state index contributed by atoms with van der Waals surface area (Å²) in [6.07, 6.45) is 1.43. The van der Waals surface area contributed by atoms with Gasteiger partial charge in [-0.25, -0.2) is 10.2 Å². The quantitative estimate of drug-likeness (QED) is 0.0796. The second-order valence-electron chi connectivity index (χ2n) is 8.89. The highest BCUT2D eigenvalue weighted by atomic mass is 35.5. The van der Waals surface area contributed by atoms with Gasteiger partial charge in [-0.1, -0.05) is 53.0 Å². The number of methoxy groups -OCH3 is 2. The Hall–Kier alpha value is -4.50. The third kappa shape index (κ3) is 6.06. The molecule has 5 rings (SSSR count). The van der Waals surface area contributed by atoms with Crippen LogP contribution in [0.1, 0.15) is 26.4 Å². The molecule has 1 aromatic heterocycles. The Morgan fingerprint density at radius 2 is 1.67 bits per heavy atom. The first kappa shape index (κ1) is 29.0. The van der Waals surface area contributed by atoms with Gasteiger partial charge >= 0.3 is 5.97 Å². The van der Waals surface area contributed by atoms with Gasteiger partial charge < -0.3 is 19.2 Å². The highest BCUT2D eigenvalue weighted by Crippen LogP contribution is 2.38. The fourth-order valence-corrected chi connectivity index (χ4v) is 5.01. The zero-order valence-electron chi connectivity index (χ0n) is 22.2. The Bertz CT molecular complexity index is 1850. The number of hydrazone groups is 1. The van der Waals surface area contributed by atoms with Crippen molar-refractivity contribution in [1.29, 1.82) is 0 Å². The number of esters is 1. The molecule has 2 N–H and O–H groups in total. The summed E-state index contributed by atoms with van der Waals surface area (Å²) in [4.78, 5) is 29.1. The van der Waals surface area contributed by atoms with Gasteiger partial charge in [-0.05, 0) is 66.2 Å². The number of carbonyl (C=O) groups is 2. The van der Waals surface area contributed by atoms with Crippen LogP contribution in [-0.2, 0) is 0 Å². The Labute approximate surface area is 255 Å². The third-order valence-corrected chi connectivity index (χ3v) is 7.17. The number of aromatic nitrogens is 1. The monoisotopic (exact) mass is 621 g/mol. The summed E-state index contributed by atoms with van der Waals surface area (Å²) in [6.45, 7) is 0. The van der Waals surface area contributed by atoms with Crippen molar-refractivity contribution in [2.24, 2.45) is 5.10 Å². The van der Waals surface area contributed by atoms with Crippen LogP contribution in [0.5, 0.6) is 17.2 Å². The molecule has 0 aliphatic rings. The van der Waals surface area contributed by atoms with E-state index in [1.807, 2.05) is 30.3 Å². The van der Waals surface area contributed by atoms with Crippen LogP contribution >= 0.6 is 34.8 Å². The number of fused-ring (bicyclic) bond motifs is 1. The smallest absolute Gasteiger partial charge is 0.345 e. The van der Waals surface area contributed by atoms with Crippen LogP contribution in [0, 0.1) is 0 Å². The van der Waals surface area contributed by atoms with Gasteiger partial charge in [0.15, 0.2) is 11.5 Å². The number of hydrogen-bond acceptors (Lipinski definition) is 6. The molecule has 0 saturated heterocycles. The molecular formula is C31H22Cl3N3O5. The molecule has 0 saturated carbocycles. The first-order valence-corrected chi connectivity index (χ1v) is 13.6. The van der Waals surface area contributed by atoms with Crippen LogP contribution in [0.4, 0.5) is 0 Å². The zero-order chi connectivity index (χ0) is 29.8. The maximum absolute atomic E-state index is 13.3. The predicted molar refractivity (Wildman–Crippen MR) is 165 cm³/mol. The van der Waals surface area contributed by atoms with Crippen molar-refractivity contribution in [1.82, 2.24) is 10.4 Å². The standard InChI is InChI=1S/C31H22Cl3N3O5/c1-40-19-9-11-25-22(15-19)28(20-5-3-4-6-23(20)33)29(36-25)30(38)37-35-16-17-7-12-26(27(13-17)41-2)42-31(39)21-10-8-18(32)14-24(21)34/h3-16,36H,1-2H3,(H,37,38). The molecule has 1 heterocycles. The zero-order valence-corrected chi connectivity index (χ0v) is 24.5. The first-order chi connectivity index (χ1) is 20.3. The van der Waals surface area contributed by atoms with Crippen molar-refractivity contribution in [2.75, 3.05) is 14.2 Å². The van der Waals surface area contributed by atoms with Gasteiger partial charge in [0, 0.05) is 32.1 Å². The molecule has 8 nitrogen and oxygen atoms in total. The van der Waals surface area contributed by atoms with Crippen LogP contribution in [0.2, 0.25) is 15.1 Å². The van der Waals surface area contributed by atoms with E-state index in [2.05, 4.69) is 15.5 Å². The highest BCUT2D eigenvalue weighted by Gasteiger charge is 2.21. The predicted octanol–water partition coefficient (Wildman–Crippen LogP) is 7.80. The fourth-order valence-electron chi connectivity index (χ4n) is 4.29. The summed E-state index contributed by atoms with van der Waals surface area (Å²) >= 11 is 18.5. The maximum Gasteiger partial charge on any atom is 0.345 e. The van der Waals surface area contributed by atoms with Crippen molar-refractivity contribution in [2.45, 2.75) is 0 Å². The third-order valence-electron chi connectivity index (χ3n) is 6.30. The van der Waals surface area contributed by atoms with Gasteiger partial charge in [-0.2, -0.15) is 5.10 Å². The number of nitrogens with zero attached hydrogens (tertiary/aromatic N) is 1. The molecular weight excluding hydrogens is 601 g/mol. The molecule has 0 radical (unpaired) electrons. The van der Waals surface area contributed by atoms with Crippen LogP contribution in [0.15, 0.2) is 84.0 Å². The van der Waals surface area contributed by atoms with E-state index in [0.29, 0.717) is 32.5 Å². The van der Waals surface area contributed by atoms with Crippen molar-refractivity contribution in [3.8, 4) is 28.4 Å². The molecule has 212 valence electrons. The van der Waals surface area contributed by atoms with Crippen molar-refractivity contribution < 1.29 is 23.8 Å². The number of ether oxygens (including phenoxy) is 3. The molecule has 11 heteroatoms. The Morgan fingerprint density at radius 1 is 0.857 bits per heavy atom. The van der Waals surface area contributed by atoms with Crippen molar-refractivity contribution in [3.63, 3.8) is 0 Å². The molecule has 5 aromatic rings. The normalized spacial score (nSPS) is 11.1. The van der Waals surface area contributed by atoms with E-state index in [1.165, 1.54) is 25.5 Å². The van der Waals surface area contributed by atoms with Crippen LogP contribution < -0.4 is 19.6 Å². The van der Waals surface area contributed by atoms with Gasteiger partial charge in [0.25, 0.3) is 5.91 Å². The molecule has 42 heavy (non-hydrogen) atoms. The molecule has 4 aromatic carbocycles. The number of H-pyrrole nitrogens is 1. The number of benzene rings is 4. The van der Waals surface area contributed by atoms with E-state index < -0.39 is 11.9 Å². The van der Waals surface area contributed by atoms with E-state index in [0.717, 1.165) is 10.9 Å². The van der Waals surface area contributed by atoms with Crippen LogP contribution in [0.25, 0.3) is 22.0 Å². The summed E-state index contributed by atoms with van der Waals surface area (Å²) in [5.41, 5.74) is 5.60. The number of halogens is 3. The summed E-state index contributed by atoms with van der Waals surface area (Å²) < 4.78 is 16.3. The Balaban J connectivity index is 1.37. The van der Waals surface area contributed by atoms with E-state index in [4.69, 9.17) is 49.0 Å². The van der Waals surface area contributed by atoms with Crippen molar-refractivity contribution in [3.05, 3.63) is 111 Å². The largest absolute Gasteiger partial charge is 0.497 e. The number of amides is 1. The van der Waals surface area contributed by atoms with E-state index in [9.17, 15) is 9.59 Å². The molecule has 0 unspecified atom stereocenters. The summed E-state index contributed by atoms with van der Waals surface area (Å²) in [7, 11) is 3.01. The van der Waals surface area contributed by atoms with Gasteiger partial charge in [-0.3, -0.25) is 4.79 Å². The minimum absolute atomic E-state index is 0.156. The number of hydrogen-bond donors (Lipinski definition) is 2. The topological polar surface area (TPSA) is 102 Å². The van der Waals surface area contributed by atoms with Crippen LogP contribution in [-0.4, -0.2) is 37.3 Å². The molecule has 0 bridgehead atoms. The average Bonchev–Trinajstić information content (AvgIpc) is 3.36. The Morgan fingerprint density at radius 3 is 2.40 bits per heavy atom. The minimum atomic E-state index is -0.672. The maximum atomic E-state index is 13.3. The lowest BCUT2D eigenvalue weighted by Crippen LogP contribution is -2.19. The molecule has 0 aliphatic carbocycles. The van der Waals surface area contributed by atoms with Gasteiger partial charge in [0.2, 0.25) is 0 Å². The van der Waals surface area contributed by atoms with Gasteiger partial charge in [0.1, 0.15) is 11.4 Å². The lowest BCUT2D eigenvalue weighted by Gasteiger charge is -2.11. The van der Waals surface area contributed by atoms with Crippen molar-refractivity contribution >= 4 is 63.8 Å². The van der Waals surface area contributed by atoms with E-state index >= 15 is 0 Å². The molecule has 1 amide bonds. The first-order valence-electron chi connectivity index (χ1n) is 12.4. The minimum Gasteiger partial charge on any atom is -0.497 e. The van der Waals surface area contributed by atoms with Crippen LogP contribution in [0.3, 0.4) is 0 Å². The number of nitrogens with one attached hydrogen (secondary N) is 2. The lowest BCUT2D eigenvalue weighted by molar-refractivity contribution is 0.0729. The summed E-state index contributed by atoms with van der Waals surface area (Å²) in [5, 5.41) is 5.94. The number of aromatic amines is 1. The fraction of sp³-hybridized carbons (Fsp3) is 0.0645. The second kappa shape index (κ2) is 12.6. The molecule has 0 aliphatic heterocycles. The van der Waals surface area contributed by atoms with E-state index in [-0.39, 0.29) is 27.8 Å². The lowest BCUT2D eigenvalue weighted by atomic mass is 10.0. The number of rotatable bonds is 8. The second-order valence-corrected chi connectivity index (χ2v) is 10.1. The SMILES string of the molecule is COc1ccc2[nH]c(C(=O)NN=Cc3ccc(OC(=O)c4ccc(Cl)cc4Cl)c(OC)c3)c(-c3ccccc3Cl)c2c1.